The van der Waals surface area contributed by atoms with Crippen LogP contribution in [0.15, 0.2) is 59.6 Å². The van der Waals surface area contributed by atoms with Crippen LogP contribution in [0.3, 0.4) is 0 Å². The molecule has 3 aromatic rings. The second-order valence-electron chi connectivity index (χ2n) is 6.23. The average molecular weight is 363 g/mol. The lowest BCUT2D eigenvalue weighted by molar-refractivity contribution is -0.113. The number of aromatic nitrogens is 2. The Labute approximate surface area is 158 Å². The standard InChI is InChI=1S/C21H21N3OS/c1-14-8-9-16(3)19(12-14)22-20(25)13-26-21-11-10-18(23-24-21)17-7-5-4-6-15(17)2/h4-12H,13H2,1-3H3,(H,22,25). The highest BCUT2D eigenvalue weighted by Gasteiger charge is 2.08. The third-order valence-corrected chi connectivity index (χ3v) is 5.00. The summed E-state index contributed by atoms with van der Waals surface area (Å²) >= 11 is 1.38. The van der Waals surface area contributed by atoms with Crippen LogP contribution in [0.1, 0.15) is 16.7 Å². The Morgan fingerprint density at radius 3 is 2.50 bits per heavy atom. The fraction of sp³-hybridized carbons (Fsp3) is 0.190. The number of aryl methyl sites for hydroxylation is 3. The Morgan fingerprint density at radius 2 is 1.77 bits per heavy atom. The maximum Gasteiger partial charge on any atom is 0.234 e. The normalized spacial score (nSPS) is 10.6. The summed E-state index contributed by atoms with van der Waals surface area (Å²) in [7, 11) is 0. The number of amides is 1. The van der Waals surface area contributed by atoms with E-state index in [4.69, 9.17) is 0 Å². The number of nitrogens with zero attached hydrogens (tertiary/aromatic N) is 2. The molecule has 1 aromatic heterocycles. The summed E-state index contributed by atoms with van der Waals surface area (Å²) in [4.78, 5) is 12.2. The Balaban J connectivity index is 1.60. The summed E-state index contributed by atoms with van der Waals surface area (Å²) in [6.07, 6.45) is 0. The van der Waals surface area contributed by atoms with E-state index in [-0.39, 0.29) is 5.91 Å². The van der Waals surface area contributed by atoms with E-state index in [0.29, 0.717) is 5.75 Å². The number of nitrogens with one attached hydrogen (secondary N) is 1. The lowest BCUT2D eigenvalue weighted by atomic mass is 10.1. The van der Waals surface area contributed by atoms with Gasteiger partial charge in [0.1, 0.15) is 5.03 Å². The lowest BCUT2D eigenvalue weighted by Gasteiger charge is -2.09. The van der Waals surface area contributed by atoms with E-state index >= 15 is 0 Å². The highest BCUT2D eigenvalue weighted by molar-refractivity contribution is 7.99. The summed E-state index contributed by atoms with van der Waals surface area (Å²) in [6.45, 7) is 6.05. The van der Waals surface area contributed by atoms with Crippen molar-refractivity contribution in [3.05, 3.63) is 71.3 Å². The predicted octanol–water partition coefficient (Wildman–Crippen LogP) is 4.80. The van der Waals surface area contributed by atoms with Crippen LogP contribution in [-0.4, -0.2) is 21.9 Å². The van der Waals surface area contributed by atoms with Crippen molar-refractivity contribution in [2.24, 2.45) is 0 Å². The maximum absolute atomic E-state index is 12.2. The van der Waals surface area contributed by atoms with Crippen LogP contribution in [0, 0.1) is 20.8 Å². The summed E-state index contributed by atoms with van der Waals surface area (Å²) < 4.78 is 0. The Morgan fingerprint density at radius 1 is 0.962 bits per heavy atom. The topological polar surface area (TPSA) is 54.9 Å². The fourth-order valence-corrected chi connectivity index (χ4v) is 3.21. The molecular weight excluding hydrogens is 342 g/mol. The molecule has 0 unspecified atom stereocenters. The molecule has 0 spiro atoms. The van der Waals surface area contributed by atoms with Gasteiger partial charge >= 0.3 is 0 Å². The molecule has 26 heavy (non-hydrogen) atoms. The number of anilines is 1. The van der Waals surface area contributed by atoms with Crippen molar-refractivity contribution < 1.29 is 4.79 Å². The predicted molar refractivity (Wildman–Crippen MR) is 107 cm³/mol. The molecule has 2 aromatic carbocycles. The molecule has 0 radical (unpaired) electrons. The van der Waals surface area contributed by atoms with Gasteiger partial charge in [-0.25, -0.2) is 0 Å². The van der Waals surface area contributed by atoms with Crippen LogP contribution in [-0.2, 0) is 4.79 Å². The van der Waals surface area contributed by atoms with E-state index in [1.165, 1.54) is 11.8 Å². The van der Waals surface area contributed by atoms with Crippen LogP contribution in [0.25, 0.3) is 11.3 Å². The smallest absolute Gasteiger partial charge is 0.234 e. The molecule has 1 N–H and O–H groups in total. The van der Waals surface area contributed by atoms with E-state index in [9.17, 15) is 4.79 Å². The fourth-order valence-electron chi connectivity index (χ4n) is 2.60. The zero-order chi connectivity index (χ0) is 18.5. The number of benzene rings is 2. The van der Waals surface area contributed by atoms with Crippen LogP contribution >= 0.6 is 11.8 Å². The van der Waals surface area contributed by atoms with Gasteiger partial charge in [0, 0.05) is 11.3 Å². The van der Waals surface area contributed by atoms with Gasteiger partial charge in [0.25, 0.3) is 0 Å². The maximum atomic E-state index is 12.2. The van der Waals surface area contributed by atoms with Crippen molar-refractivity contribution in [2.45, 2.75) is 25.8 Å². The Hall–Kier alpha value is -2.66. The van der Waals surface area contributed by atoms with E-state index in [0.717, 1.165) is 38.7 Å². The van der Waals surface area contributed by atoms with Gasteiger partial charge in [0.05, 0.1) is 11.4 Å². The van der Waals surface area contributed by atoms with Gasteiger partial charge in [-0.05, 0) is 55.7 Å². The van der Waals surface area contributed by atoms with Crippen molar-refractivity contribution in [1.29, 1.82) is 0 Å². The van der Waals surface area contributed by atoms with Gasteiger partial charge in [-0.15, -0.1) is 10.2 Å². The van der Waals surface area contributed by atoms with Crippen molar-refractivity contribution >= 4 is 23.4 Å². The molecule has 0 aliphatic heterocycles. The number of hydrogen-bond acceptors (Lipinski definition) is 4. The Kier molecular flexibility index (Phi) is 5.68. The molecule has 0 saturated heterocycles. The van der Waals surface area contributed by atoms with Gasteiger partial charge in [-0.3, -0.25) is 4.79 Å². The number of rotatable bonds is 5. The summed E-state index contributed by atoms with van der Waals surface area (Å²) in [5, 5.41) is 12.2. The molecule has 0 aliphatic rings. The van der Waals surface area contributed by atoms with Crippen LogP contribution in [0.4, 0.5) is 5.69 Å². The van der Waals surface area contributed by atoms with E-state index in [2.05, 4.69) is 28.5 Å². The minimum atomic E-state index is -0.0477. The number of hydrogen-bond donors (Lipinski definition) is 1. The third kappa shape index (κ3) is 4.49. The summed E-state index contributed by atoms with van der Waals surface area (Å²) in [6, 6.07) is 18.0. The molecule has 132 valence electrons. The minimum Gasteiger partial charge on any atom is -0.325 e. The van der Waals surface area contributed by atoms with Gasteiger partial charge in [0.2, 0.25) is 5.91 Å². The van der Waals surface area contributed by atoms with Crippen molar-refractivity contribution in [3.63, 3.8) is 0 Å². The summed E-state index contributed by atoms with van der Waals surface area (Å²) in [5.41, 5.74) is 6.11. The van der Waals surface area contributed by atoms with Crippen LogP contribution in [0.5, 0.6) is 0 Å². The first-order chi connectivity index (χ1) is 12.5. The molecule has 1 amide bonds. The average Bonchev–Trinajstić information content (AvgIpc) is 2.64. The van der Waals surface area contributed by atoms with Gasteiger partial charge < -0.3 is 5.32 Å². The van der Waals surface area contributed by atoms with E-state index in [1.54, 1.807) is 0 Å². The first-order valence-corrected chi connectivity index (χ1v) is 9.41. The zero-order valence-corrected chi connectivity index (χ0v) is 15.9. The van der Waals surface area contributed by atoms with Crippen molar-refractivity contribution in [1.82, 2.24) is 10.2 Å². The van der Waals surface area contributed by atoms with Crippen LogP contribution in [0.2, 0.25) is 0 Å². The first-order valence-electron chi connectivity index (χ1n) is 8.42. The highest BCUT2D eigenvalue weighted by atomic mass is 32.2. The number of carbonyl (C=O) groups is 1. The van der Waals surface area contributed by atoms with E-state index < -0.39 is 0 Å². The molecule has 5 heteroatoms. The van der Waals surface area contributed by atoms with Crippen LogP contribution < -0.4 is 5.32 Å². The lowest BCUT2D eigenvalue weighted by Crippen LogP contribution is -2.15. The minimum absolute atomic E-state index is 0.0477. The van der Waals surface area contributed by atoms with Crippen molar-refractivity contribution in [3.8, 4) is 11.3 Å². The molecule has 0 atom stereocenters. The van der Waals surface area contributed by atoms with Gasteiger partial charge in [-0.1, -0.05) is 48.2 Å². The second-order valence-corrected chi connectivity index (χ2v) is 7.22. The van der Waals surface area contributed by atoms with E-state index in [1.807, 2.05) is 62.4 Å². The third-order valence-electron chi connectivity index (χ3n) is 4.08. The monoisotopic (exact) mass is 363 g/mol. The highest BCUT2D eigenvalue weighted by Crippen LogP contribution is 2.23. The molecule has 1 heterocycles. The Bertz CT molecular complexity index is 923. The second kappa shape index (κ2) is 8.15. The molecular formula is C21H21N3OS. The van der Waals surface area contributed by atoms with Crippen molar-refractivity contribution in [2.75, 3.05) is 11.1 Å². The van der Waals surface area contributed by atoms with Gasteiger partial charge in [0.15, 0.2) is 0 Å². The summed E-state index contributed by atoms with van der Waals surface area (Å²) in [5.74, 6) is 0.250. The molecule has 4 nitrogen and oxygen atoms in total. The SMILES string of the molecule is Cc1ccc(C)c(NC(=O)CSc2ccc(-c3ccccc3C)nn2)c1. The molecule has 3 rings (SSSR count). The molecule has 0 fully saturated rings. The van der Waals surface area contributed by atoms with Gasteiger partial charge in [-0.2, -0.15) is 0 Å². The zero-order valence-electron chi connectivity index (χ0n) is 15.1. The number of thioether (sulfide) groups is 1. The molecule has 0 aliphatic carbocycles. The molecule has 0 bridgehead atoms. The quantitative estimate of drug-likeness (QED) is 0.662. The molecule has 0 saturated carbocycles. The number of carbonyl (C=O) groups excluding carboxylic acids is 1. The largest absolute Gasteiger partial charge is 0.325 e. The first kappa shape index (κ1) is 18.1.